The van der Waals surface area contributed by atoms with Gasteiger partial charge in [-0.15, -0.1) is 0 Å². The molecule has 0 aliphatic carbocycles. The largest absolute Gasteiger partial charge is 0.486 e. The van der Waals surface area contributed by atoms with Gasteiger partial charge in [0.25, 0.3) is 0 Å². The van der Waals surface area contributed by atoms with Crippen LogP contribution in [0.15, 0.2) is 18.2 Å². The van der Waals surface area contributed by atoms with Gasteiger partial charge in [-0.25, -0.2) is 0 Å². The third kappa shape index (κ3) is 3.64. The molecule has 0 radical (unpaired) electrons. The molecule has 0 aromatic heterocycles. The van der Waals surface area contributed by atoms with Crippen molar-refractivity contribution < 1.29 is 9.47 Å². The summed E-state index contributed by atoms with van der Waals surface area (Å²) in [6.07, 6.45) is 5.19. The SMILES string of the molecule is CCCCCCNCc1cccc2c1OCCO2. The summed E-state index contributed by atoms with van der Waals surface area (Å²) >= 11 is 0. The van der Waals surface area contributed by atoms with E-state index in [0.29, 0.717) is 13.2 Å². The summed E-state index contributed by atoms with van der Waals surface area (Å²) < 4.78 is 11.3. The van der Waals surface area contributed by atoms with Crippen LogP contribution in [0, 0.1) is 0 Å². The monoisotopic (exact) mass is 249 g/mol. The van der Waals surface area contributed by atoms with Gasteiger partial charge < -0.3 is 14.8 Å². The lowest BCUT2D eigenvalue weighted by molar-refractivity contribution is 0.169. The first-order valence-corrected chi connectivity index (χ1v) is 7.00. The molecular formula is C15H23NO2. The highest BCUT2D eigenvalue weighted by molar-refractivity contribution is 5.47. The van der Waals surface area contributed by atoms with E-state index >= 15 is 0 Å². The minimum absolute atomic E-state index is 0.653. The first-order chi connectivity index (χ1) is 8.92. The number of hydrogen-bond acceptors (Lipinski definition) is 3. The molecule has 1 aliphatic heterocycles. The fourth-order valence-corrected chi connectivity index (χ4v) is 2.17. The summed E-state index contributed by atoms with van der Waals surface area (Å²) in [6, 6.07) is 6.10. The zero-order valence-electron chi connectivity index (χ0n) is 11.2. The van der Waals surface area contributed by atoms with Crippen molar-refractivity contribution in [2.24, 2.45) is 0 Å². The predicted molar refractivity (Wildman–Crippen MR) is 73.3 cm³/mol. The summed E-state index contributed by atoms with van der Waals surface area (Å²) in [5.74, 6) is 1.80. The van der Waals surface area contributed by atoms with Crippen molar-refractivity contribution in [3.63, 3.8) is 0 Å². The minimum atomic E-state index is 0.653. The molecule has 18 heavy (non-hydrogen) atoms. The molecule has 1 aromatic rings. The van der Waals surface area contributed by atoms with E-state index in [2.05, 4.69) is 18.3 Å². The fraction of sp³-hybridized carbons (Fsp3) is 0.600. The van der Waals surface area contributed by atoms with Crippen molar-refractivity contribution >= 4 is 0 Å². The molecule has 1 aliphatic rings. The van der Waals surface area contributed by atoms with Gasteiger partial charge in [-0.05, 0) is 19.0 Å². The highest BCUT2D eigenvalue weighted by atomic mass is 16.6. The molecule has 2 rings (SSSR count). The standard InChI is InChI=1S/C15H23NO2/c1-2-3-4-5-9-16-12-13-7-6-8-14-15(13)18-11-10-17-14/h6-8,16H,2-5,9-12H2,1H3. The molecule has 0 atom stereocenters. The maximum Gasteiger partial charge on any atom is 0.165 e. The number of hydrogen-bond donors (Lipinski definition) is 1. The molecule has 0 fully saturated rings. The highest BCUT2D eigenvalue weighted by Gasteiger charge is 2.14. The smallest absolute Gasteiger partial charge is 0.165 e. The van der Waals surface area contributed by atoms with Crippen LogP contribution in [0.3, 0.4) is 0 Å². The molecule has 0 saturated carbocycles. The lowest BCUT2D eigenvalue weighted by atomic mass is 10.1. The quantitative estimate of drug-likeness (QED) is 0.753. The molecular weight excluding hydrogens is 226 g/mol. The van der Waals surface area contributed by atoms with Crippen molar-refractivity contribution in [1.82, 2.24) is 5.32 Å². The van der Waals surface area contributed by atoms with Gasteiger partial charge in [-0.2, -0.15) is 0 Å². The van der Waals surface area contributed by atoms with Crippen LogP contribution < -0.4 is 14.8 Å². The molecule has 100 valence electrons. The van der Waals surface area contributed by atoms with Crippen LogP contribution >= 0.6 is 0 Å². The van der Waals surface area contributed by atoms with Crippen molar-refractivity contribution in [3.8, 4) is 11.5 Å². The Morgan fingerprint density at radius 2 is 2.00 bits per heavy atom. The molecule has 3 heteroatoms. The summed E-state index contributed by atoms with van der Waals surface area (Å²) in [7, 11) is 0. The Morgan fingerprint density at radius 3 is 2.89 bits per heavy atom. The van der Waals surface area contributed by atoms with Crippen molar-refractivity contribution in [3.05, 3.63) is 23.8 Å². The molecule has 0 saturated heterocycles. The Kier molecular flexibility index (Phi) is 5.34. The van der Waals surface area contributed by atoms with Gasteiger partial charge in [0.15, 0.2) is 11.5 Å². The zero-order valence-corrected chi connectivity index (χ0v) is 11.2. The van der Waals surface area contributed by atoms with Crippen molar-refractivity contribution in [2.45, 2.75) is 39.2 Å². The average Bonchev–Trinajstić information content (AvgIpc) is 2.43. The summed E-state index contributed by atoms with van der Waals surface area (Å²) in [6.45, 7) is 5.48. The Bertz CT molecular complexity index is 366. The number of unbranched alkanes of at least 4 members (excludes halogenated alkanes) is 3. The van der Waals surface area contributed by atoms with Gasteiger partial charge in [-0.3, -0.25) is 0 Å². The highest BCUT2D eigenvalue weighted by Crippen LogP contribution is 2.33. The third-order valence-corrected chi connectivity index (χ3v) is 3.17. The van der Waals surface area contributed by atoms with Gasteiger partial charge in [0, 0.05) is 12.1 Å². The molecule has 0 spiro atoms. The minimum Gasteiger partial charge on any atom is -0.486 e. The topological polar surface area (TPSA) is 30.5 Å². The van der Waals surface area contributed by atoms with E-state index in [9.17, 15) is 0 Å². The second-order valence-corrected chi connectivity index (χ2v) is 4.68. The maximum atomic E-state index is 5.69. The van der Waals surface area contributed by atoms with Gasteiger partial charge in [0.1, 0.15) is 13.2 Å². The lowest BCUT2D eigenvalue weighted by Crippen LogP contribution is -2.19. The second kappa shape index (κ2) is 7.27. The number of para-hydroxylation sites is 1. The van der Waals surface area contributed by atoms with Crippen LogP contribution in [0.2, 0.25) is 0 Å². The van der Waals surface area contributed by atoms with E-state index in [1.54, 1.807) is 0 Å². The van der Waals surface area contributed by atoms with Crippen molar-refractivity contribution in [1.29, 1.82) is 0 Å². The number of benzene rings is 1. The molecule has 1 N–H and O–H groups in total. The Labute approximate surface area is 109 Å². The van der Waals surface area contributed by atoms with Gasteiger partial charge in [-0.1, -0.05) is 38.3 Å². The van der Waals surface area contributed by atoms with Crippen LogP contribution in [-0.4, -0.2) is 19.8 Å². The van der Waals surface area contributed by atoms with Crippen LogP contribution in [0.5, 0.6) is 11.5 Å². The van der Waals surface area contributed by atoms with E-state index in [4.69, 9.17) is 9.47 Å². The second-order valence-electron chi connectivity index (χ2n) is 4.68. The third-order valence-electron chi connectivity index (χ3n) is 3.17. The number of rotatable bonds is 7. The summed E-state index contributed by atoms with van der Waals surface area (Å²) in [5, 5.41) is 3.48. The normalized spacial score (nSPS) is 13.6. The molecule has 1 aromatic carbocycles. The van der Waals surface area contributed by atoms with E-state index in [0.717, 1.165) is 24.6 Å². The van der Waals surface area contributed by atoms with E-state index in [-0.39, 0.29) is 0 Å². The number of ether oxygens (including phenoxy) is 2. The van der Waals surface area contributed by atoms with Crippen LogP contribution in [-0.2, 0) is 6.54 Å². The van der Waals surface area contributed by atoms with Gasteiger partial charge in [0.05, 0.1) is 0 Å². The fourth-order valence-electron chi connectivity index (χ4n) is 2.17. The van der Waals surface area contributed by atoms with Gasteiger partial charge in [0.2, 0.25) is 0 Å². The number of nitrogens with one attached hydrogen (secondary N) is 1. The maximum absolute atomic E-state index is 5.69. The Morgan fingerprint density at radius 1 is 1.11 bits per heavy atom. The van der Waals surface area contributed by atoms with E-state index < -0.39 is 0 Å². The van der Waals surface area contributed by atoms with Crippen LogP contribution in [0.4, 0.5) is 0 Å². The van der Waals surface area contributed by atoms with Crippen LogP contribution in [0.1, 0.15) is 38.2 Å². The van der Waals surface area contributed by atoms with Crippen LogP contribution in [0.25, 0.3) is 0 Å². The first kappa shape index (κ1) is 13.2. The zero-order chi connectivity index (χ0) is 12.6. The van der Waals surface area contributed by atoms with E-state index in [1.165, 1.54) is 31.2 Å². The Hall–Kier alpha value is -1.22. The molecule has 0 unspecified atom stereocenters. The molecule has 3 nitrogen and oxygen atoms in total. The summed E-state index contributed by atoms with van der Waals surface area (Å²) in [4.78, 5) is 0. The van der Waals surface area contributed by atoms with Gasteiger partial charge >= 0.3 is 0 Å². The first-order valence-electron chi connectivity index (χ1n) is 7.00. The predicted octanol–water partition coefficient (Wildman–Crippen LogP) is 3.13. The Balaban J connectivity index is 1.79. The van der Waals surface area contributed by atoms with Crippen molar-refractivity contribution in [2.75, 3.05) is 19.8 Å². The molecule has 0 amide bonds. The number of fused-ring (bicyclic) bond motifs is 1. The van der Waals surface area contributed by atoms with E-state index in [1.807, 2.05) is 12.1 Å². The molecule has 0 bridgehead atoms. The summed E-state index contributed by atoms with van der Waals surface area (Å²) in [5.41, 5.74) is 1.20. The molecule has 1 heterocycles. The lowest BCUT2D eigenvalue weighted by Gasteiger charge is -2.21. The average molecular weight is 249 g/mol.